The second kappa shape index (κ2) is 13.1. The number of hydrogen-bond acceptors (Lipinski definition) is 5. The summed E-state index contributed by atoms with van der Waals surface area (Å²) in [5.74, 6) is -0.206. The third kappa shape index (κ3) is 7.58. The van der Waals surface area contributed by atoms with Crippen molar-refractivity contribution in [1.82, 2.24) is 10.2 Å². The van der Waals surface area contributed by atoms with Crippen LogP contribution < -0.4 is 5.32 Å². The van der Waals surface area contributed by atoms with Crippen molar-refractivity contribution in [3.05, 3.63) is 71.0 Å². The van der Waals surface area contributed by atoms with Crippen molar-refractivity contribution < 1.29 is 23.5 Å². The molecule has 3 rings (SSSR count). The first kappa shape index (κ1) is 25.7. The van der Waals surface area contributed by atoms with Gasteiger partial charge in [-0.25, -0.2) is 9.18 Å². The van der Waals surface area contributed by atoms with Gasteiger partial charge in [-0.2, -0.15) is 0 Å². The van der Waals surface area contributed by atoms with E-state index in [1.165, 1.54) is 31.0 Å². The molecule has 1 saturated heterocycles. The van der Waals surface area contributed by atoms with E-state index < -0.39 is 11.3 Å². The molecule has 1 heterocycles. The van der Waals surface area contributed by atoms with Crippen LogP contribution in [0, 0.1) is 5.82 Å². The maximum absolute atomic E-state index is 12.9. The summed E-state index contributed by atoms with van der Waals surface area (Å²) in [6, 6.07) is 13.7. The van der Waals surface area contributed by atoms with E-state index in [9.17, 15) is 18.8 Å². The molecule has 182 valence electrons. The van der Waals surface area contributed by atoms with Crippen LogP contribution in [0.4, 0.5) is 4.39 Å². The third-order valence-electron chi connectivity index (χ3n) is 5.78. The van der Waals surface area contributed by atoms with Crippen LogP contribution in [0.5, 0.6) is 0 Å². The minimum absolute atomic E-state index is 0.00511. The number of carbonyl (C=O) groups excluding carboxylic acids is 3. The normalized spacial score (nSPS) is 13.8. The Balaban J connectivity index is 1.39. The Bertz CT molecular complexity index is 966. The van der Waals surface area contributed by atoms with E-state index in [4.69, 9.17) is 4.74 Å². The molecular weight excluding hydrogens is 455 g/mol. The van der Waals surface area contributed by atoms with Crippen LogP contribution in [0.3, 0.4) is 0 Å². The average molecular weight is 487 g/mol. The Labute approximate surface area is 204 Å². The predicted octanol–water partition coefficient (Wildman–Crippen LogP) is 4.32. The molecule has 0 aliphatic carbocycles. The van der Waals surface area contributed by atoms with E-state index in [1.807, 2.05) is 24.3 Å². The maximum Gasteiger partial charge on any atom is 0.337 e. The number of aryl methyl sites for hydroxylation is 1. The number of rotatable bonds is 13. The highest BCUT2D eigenvalue weighted by Crippen LogP contribution is 2.26. The van der Waals surface area contributed by atoms with E-state index >= 15 is 0 Å². The average Bonchev–Trinajstić information content (AvgIpc) is 2.85. The van der Waals surface area contributed by atoms with Gasteiger partial charge in [0.15, 0.2) is 5.37 Å². The fourth-order valence-electron chi connectivity index (χ4n) is 3.68. The van der Waals surface area contributed by atoms with Gasteiger partial charge in [0.25, 0.3) is 5.91 Å². The Kier molecular flexibility index (Phi) is 9.94. The highest BCUT2D eigenvalue weighted by Gasteiger charge is 2.35. The van der Waals surface area contributed by atoms with Crippen molar-refractivity contribution in [3.8, 4) is 0 Å². The molecule has 0 spiro atoms. The highest BCUT2D eigenvalue weighted by molar-refractivity contribution is 7.99. The number of unbranched alkanes of at least 4 members (excludes halogenated alkanes) is 3. The molecule has 34 heavy (non-hydrogen) atoms. The van der Waals surface area contributed by atoms with Gasteiger partial charge in [-0.15, -0.1) is 11.8 Å². The molecule has 1 N–H and O–H groups in total. The predicted molar refractivity (Wildman–Crippen MR) is 131 cm³/mol. The van der Waals surface area contributed by atoms with Gasteiger partial charge in [0.05, 0.1) is 12.7 Å². The number of thioether (sulfide) groups is 1. The van der Waals surface area contributed by atoms with Crippen LogP contribution in [0.15, 0.2) is 48.5 Å². The number of β-lactam (4-membered cyclic amide) rings is 1. The summed E-state index contributed by atoms with van der Waals surface area (Å²) in [6.07, 6.45) is 5.33. The second-order valence-corrected chi connectivity index (χ2v) is 9.34. The number of esters is 1. The summed E-state index contributed by atoms with van der Waals surface area (Å²) in [7, 11) is 1.34. The van der Waals surface area contributed by atoms with Crippen molar-refractivity contribution in [2.45, 2.75) is 49.7 Å². The zero-order valence-corrected chi connectivity index (χ0v) is 20.2. The Morgan fingerprint density at radius 2 is 1.71 bits per heavy atom. The quantitative estimate of drug-likeness (QED) is 0.259. The molecule has 1 unspecified atom stereocenters. The number of nitrogens with zero attached hydrogens (tertiary/aromatic N) is 1. The lowest BCUT2D eigenvalue weighted by atomic mass is 10.1. The number of nitrogens with one attached hydrogen (secondary N) is 1. The fraction of sp³-hybridized carbons (Fsp3) is 0.423. The number of hydrogen-bond donors (Lipinski definition) is 1. The Hall–Kier alpha value is -2.87. The smallest absolute Gasteiger partial charge is 0.337 e. The van der Waals surface area contributed by atoms with Gasteiger partial charge in [-0.3, -0.25) is 9.59 Å². The molecule has 1 aliphatic rings. The molecule has 0 saturated carbocycles. The Morgan fingerprint density at radius 1 is 1.03 bits per heavy atom. The molecule has 1 atom stereocenters. The van der Waals surface area contributed by atoms with Gasteiger partial charge in [0.1, 0.15) is 5.82 Å². The van der Waals surface area contributed by atoms with Gasteiger partial charge < -0.3 is 15.0 Å². The van der Waals surface area contributed by atoms with Crippen molar-refractivity contribution >= 4 is 29.5 Å². The summed E-state index contributed by atoms with van der Waals surface area (Å²) < 4.78 is 17.7. The lowest BCUT2D eigenvalue weighted by molar-refractivity contribution is -0.145. The molecule has 0 aromatic heterocycles. The molecule has 0 radical (unpaired) electrons. The lowest BCUT2D eigenvalue weighted by Gasteiger charge is -2.36. The standard InChI is InChI=1S/C26H31FN2O4S/c1-33-26(32)21-11-7-20(8-12-21)18-34-25(29-17-15-23(29)30)24(31)28-16-5-3-2-4-6-19-9-13-22(27)14-10-19/h7-14,25H,2-6,15-18H2,1H3,(H,28,31). The van der Waals surface area contributed by atoms with Crippen LogP contribution in [0.1, 0.15) is 53.6 Å². The molecule has 2 amide bonds. The van der Waals surface area contributed by atoms with Crippen molar-refractivity contribution in [2.24, 2.45) is 0 Å². The topological polar surface area (TPSA) is 75.7 Å². The third-order valence-corrected chi connectivity index (χ3v) is 7.07. The zero-order valence-electron chi connectivity index (χ0n) is 19.4. The monoisotopic (exact) mass is 486 g/mol. The summed E-state index contributed by atoms with van der Waals surface area (Å²) in [5.41, 5.74) is 2.57. The number of benzene rings is 2. The number of ether oxygens (including phenoxy) is 1. The van der Waals surface area contributed by atoms with E-state index in [0.717, 1.165) is 43.2 Å². The summed E-state index contributed by atoms with van der Waals surface area (Å²) >= 11 is 1.41. The minimum Gasteiger partial charge on any atom is -0.465 e. The first-order valence-electron chi connectivity index (χ1n) is 11.6. The van der Waals surface area contributed by atoms with Crippen LogP contribution in [-0.4, -0.2) is 48.3 Å². The van der Waals surface area contributed by atoms with E-state index in [2.05, 4.69) is 5.32 Å². The first-order chi connectivity index (χ1) is 16.5. The van der Waals surface area contributed by atoms with Crippen molar-refractivity contribution in [2.75, 3.05) is 20.2 Å². The van der Waals surface area contributed by atoms with E-state index in [1.54, 1.807) is 17.0 Å². The number of amides is 2. The highest BCUT2D eigenvalue weighted by atomic mass is 32.2. The van der Waals surface area contributed by atoms with Crippen molar-refractivity contribution in [1.29, 1.82) is 0 Å². The lowest BCUT2D eigenvalue weighted by Crippen LogP contribution is -2.54. The number of carbonyl (C=O) groups is 3. The summed E-state index contributed by atoms with van der Waals surface area (Å²) in [4.78, 5) is 38.0. The number of likely N-dealkylation sites (tertiary alicyclic amines) is 1. The SMILES string of the molecule is COC(=O)c1ccc(CSC(C(=O)NCCCCCCc2ccc(F)cc2)N2CCC2=O)cc1. The van der Waals surface area contributed by atoms with Gasteiger partial charge in [-0.1, -0.05) is 37.1 Å². The van der Waals surface area contributed by atoms with Crippen LogP contribution >= 0.6 is 11.8 Å². The van der Waals surface area contributed by atoms with Gasteiger partial charge >= 0.3 is 5.97 Å². The van der Waals surface area contributed by atoms with E-state index in [-0.39, 0.29) is 17.6 Å². The molecule has 6 nitrogen and oxygen atoms in total. The molecule has 2 aromatic rings. The molecule has 1 aliphatic heterocycles. The Morgan fingerprint density at radius 3 is 2.32 bits per heavy atom. The zero-order chi connectivity index (χ0) is 24.3. The second-order valence-electron chi connectivity index (χ2n) is 8.27. The van der Waals surface area contributed by atoms with Crippen LogP contribution in [0.2, 0.25) is 0 Å². The van der Waals surface area contributed by atoms with Gasteiger partial charge in [0.2, 0.25) is 5.91 Å². The minimum atomic E-state index is -0.556. The maximum atomic E-state index is 12.9. The largest absolute Gasteiger partial charge is 0.465 e. The molecule has 2 aromatic carbocycles. The molecule has 1 fully saturated rings. The molecule has 0 bridgehead atoms. The van der Waals surface area contributed by atoms with E-state index in [0.29, 0.717) is 30.8 Å². The van der Waals surface area contributed by atoms with Gasteiger partial charge in [0, 0.05) is 25.3 Å². The fourth-order valence-corrected chi connectivity index (χ4v) is 4.86. The summed E-state index contributed by atoms with van der Waals surface area (Å²) in [5, 5.41) is 2.42. The number of methoxy groups -OCH3 is 1. The number of halogens is 1. The van der Waals surface area contributed by atoms with Crippen LogP contribution in [-0.2, 0) is 26.5 Å². The molecule has 8 heteroatoms. The first-order valence-corrected chi connectivity index (χ1v) is 12.6. The summed E-state index contributed by atoms with van der Waals surface area (Å²) in [6.45, 7) is 1.16. The van der Waals surface area contributed by atoms with Crippen LogP contribution in [0.25, 0.3) is 0 Å². The molecular formula is C26H31FN2O4S. The van der Waals surface area contributed by atoms with Crippen molar-refractivity contribution in [3.63, 3.8) is 0 Å². The van der Waals surface area contributed by atoms with Gasteiger partial charge in [-0.05, 0) is 54.7 Å².